The van der Waals surface area contributed by atoms with Gasteiger partial charge >= 0.3 is 0 Å². The van der Waals surface area contributed by atoms with E-state index in [2.05, 4.69) is 10.6 Å². The summed E-state index contributed by atoms with van der Waals surface area (Å²) < 4.78 is 0. The minimum absolute atomic E-state index is 0.0378. The maximum absolute atomic E-state index is 11.9. The quantitative estimate of drug-likeness (QED) is 0.738. The van der Waals surface area contributed by atoms with Crippen LogP contribution in [-0.4, -0.2) is 30.1 Å². The number of aliphatic hydroxyl groups excluding tert-OH is 1. The molecule has 0 fully saturated rings. The van der Waals surface area contributed by atoms with Gasteiger partial charge in [0.05, 0.1) is 6.42 Å². The number of fused-ring (bicyclic) bond motifs is 1. The number of hydrogen-bond acceptors (Lipinski definition) is 3. The molecule has 0 radical (unpaired) electrons. The zero-order valence-electron chi connectivity index (χ0n) is 10.9. The van der Waals surface area contributed by atoms with Gasteiger partial charge in [0.2, 0.25) is 5.91 Å². The lowest BCUT2D eigenvalue weighted by atomic mass is 10.1. The third kappa shape index (κ3) is 3.32. The van der Waals surface area contributed by atoms with Gasteiger partial charge in [-0.1, -0.05) is 13.0 Å². The first-order chi connectivity index (χ1) is 9.10. The second-order valence-electron chi connectivity index (χ2n) is 4.92. The molecule has 2 rings (SSSR count). The van der Waals surface area contributed by atoms with Gasteiger partial charge < -0.3 is 15.7 Å². The highest BCUT2D eigenvalue weighted by Gasteiger charge is 2.19. The summed E-state index contributed by atoms with van der Waals surface area (Å²) in [6.07, 6.45) is 1.05. The van der Waals surface area contributed by atoms with Crippen molar-refractivity contribution < 1.29 is 14.7 Å². The molecular formula is C14H18N2O3. The Morgan fingerprint density at radius 2 is 2.32 bits per heavy atom. The summed E-state index contributed by atoms with van der Waals surface area (Å²) in [5, 5.41) is 14.3. The van der Waals surface area contributed by atoms with Crippen LogP contribution in [0.2, 0.25) is 0 Å². The largest absolute Gasteiger partial charge is 0.396 e. The number of carbonyl (C=O) groups is 2. The second kappa shape index (κ2) is 5.84. The molecule has 0 saturated carbocycles. The molecule has 1 unspecified atom stereocenters. The molecule has 1 heterocycles. The van der Waals surface area contributed by atoms with E-state index in [1.165, 1.54) is 0 Å². The molecule has 5 nitrogen and oxygen atoms in total. The van der Waals surface area contributed by atoms with Crippen LogP contribution in [0.3, 0.4) is 0 Å². The Kier molecular flexibility index (Phi) is 4.16. The summed E-state index contributed by atoms with van der Waals surface area (Å²) in [6.45, 7) is 2.63. The van der Waals surface area contributed by atoms with Gasteiger partial charge in [0.1, 0.15) is 0 Å². The zero-order valence-corrected chi connectivity index (χ0v) is 10.9. The molecule has 3 N–H and O–H groups in total. The molecular weight excluding hydrogens is 244 g/mol. The highest BCUT2D eigenvalue weighted by Crippen LogP contribution is 2.23. The van der Waals surface area contributed by atoms with Crippen LogP contribution in [0.5, 0.6) is 0 Å². The molecule has 102 valence electrons. The average molecular weight is 262 g/mol. The number of rotatable bonds is 5. The van der Waals surface area contributed by atoms with Crippen LogP contribution in [0.4, 0.5) is 5.69 Å². The predicted molar refractivity (Wildman–Crippen MR) is 72.0 cm³/mol. The van der Waals surface area contributed by atoms with Crippen molar-refractivity contribution in [2.24, 2.45) is 5.92 Å². The van der Waals surface area contributed by atoms with E-state index >= 15 is 0 Å². The Hall–Kier alpha value is -1.88. The van der Waals surface area contributed by atoms with Crippen LogP contribution in [-0.2, 0) is 11.2 Å². The van der Waals surface area contributed by atoms with Gasteiger partial charge in [-0.05, 0) is 30.0 Å². The van der Waals surface area contributed by atoms with Crippen LogP contribution in [0.25, 0.3) is 0 Å². The first kappa shape index (κ1) is 13.5. The van der Waals surface area contributed by atoms with Crippen molar-refractivity contribution in [1.29, 1.82) is 0 Å². The lowest BCUT2D eigenvalue weighted by Gasteiger charge is -2.11. The van der Waals surface area contributed by atoms with E-state index < -0.39 is 0 Å². The minimum Gasteiger partial charge on any atom is -0.396 e. The smallest absolute Gasteiger partial charge is 0.251 e. The van der Waals surface area contributed by atoms with Crippen molar-refractivity contribution in [1.82, 2.24) is 5.32 Å². The molecule has 2 amide bonds. The minimum atomic E-state index is -0.159. The van der Waals surface area contributed by atoms with Gasteiger partial charge in [-0.15, -0.1) is 0 Å². The van der Waals surface area contributed by atoms with Crippen molar-refractivity contribution in [3.8, 4) is 0 Å². The lowest BCUT2D eigenvalue weighted by Crippen LogP contribution is -2.28. The molecule has 0 saturated heterocycles. The molecule has 1 aliphatic rings. The molecule has 0 aromatic heterocycles. The van der Waals surface area contributed by atoms with E-state index in [0.717, 1.165) is 11.3 Å². The number of benzene rings is 1. The van der Waals surface area contributed by atoms with Crippen LogP contribution in [0.15, 0.2) is 18.2 Å². The molecule has 1 aliphatic heterocycles. The fraction of sp³-hybridized carbons (Fsp3) is 0.429. The van der Waals surface area contributed by atoms with Crippen molar-refractivity contribution >= 4 is 17.5 Å². The molecule has 1 aromatic carbocycles. The summed E-state index contributed by atoms with van der Waals surface area (Å²) in [5.41, 5.74) is 2.19. The second-order valence-corrected chi connectivity index (χ2v) is 4.92. The first-order valence-corrected chi connectivity index (χ1v) is 6.42. The van der Waals surface area contributed by atoms with E-state index in [4.69, 9.17) is 5.11 Å². The van der Waals surface area contributed by atoms with E-state index in [0.29, 0.717) is 24.9 Å². The molecule has 5 heteroatoms. The molecule has 0 bridgehead atoms. The van der Waals surface area contributed by atoms with E-state index in [-0.39, 0.29) is 24.3 Å². The van der Waals surface area contributed by atoms with Crippen molar-refractivity contribution in [2.45, 2.75) is 19.8 Å². The monoisotopic (exact) mass is 262 g/mol. The Labute approximate surface area is 112 Å². The molecule has 0 spiro atoms. The van der Waals surface area contributed by atoms with Crippen LogP contribution in [0, 0.1) is 5.92 Å². The number of carbonyl (C=O) groups excluding carboxylic acids is 2. The van der Waals surface area contributed by atoms with Gasteiger partial charge in [0, 0.05) is 24.4 Å². The molecule has 1 aromatic rings. The van der Waals surface area contributed by atoms with Gasteiger partial charge in [0.15, 0.2) is 0 Å². The molecule has 1 atom stereocenters. The Bertz CT molecular complexity index is 499. The van der Waals surface area contributed by atoms with Crippen LogP contribution >= 0.6 is 0 Å². The average Bonchev–Trinajstić information content (AvgIpc) is 2.75. The van der Waals surface area contributed by atoms with Crippen LogP contribution < -0.4 is 10.6 Å². The number of anilines is 1. The highest BCUT2D eigenvalue weighted by molar-refractivity contribution is 6.02. The predicted octanol–water partition coefficient (Wildman–Crippen LogP) is 0.929. The number of nitrogens with one attached hydrogen (secondary N) is 2. The fourth-order valence-electron chi connectivity index (χ4n) is 2.05. The lowest BCUT2D eigenvalue weighted by molar-refractivity contribution is -0.115. The van der Waals surface area contributed by atoms with E-state index in [9.17, 15) is 9.59 Å². The van der Waals surface area contributed by atoms with Gasteiger partial charge in [-0.2, -0.15) is 0 Å². The summed E-state index contributed by atoms with van der Waals surface area (Å²) in [4.78, 5) is 23.2. The van der Waals surface area contributed by atoms with Crippen molar-refractivity contribution in [2.75, 3.05) is 18.5 Å². The van der Waals surface area contributed by atoms with Gasteiger partial charge in [-0.3, -0.25) is 9.59 Å². The summed E-state index contributed by atoms with van der Waals surface area (Å²) in [6, 6.07) is 5.23. The first-order valence-electron chi connectivity index (χ1n) is 6.42. The maximum Gasteiger partial charge on any atom is 0.251 e. The normalized spacial score (nSPS) is 14.7. The Morgan fingerprint density at radius 1 is 1.53 bits per heavy atom. The van der Waals surface area contributed by atoms with E-state index in [1.54, 1.807) is 18.2 Å². The third-order valence-electron chi connectivity index (χ3n) is 3.23. The Balaban J connectivity index is 1.97. The number of hydrogen-bond donors (Lipinski definition) is 3. The SMILES string of the molecule is CC(CCO)CNC(=O)c1ccc2c(c1)NC(=O)C2. The number of aliphatic hydroxyl groups is 1. The summed E-state index contributed by atoms with van der Waals surface area (Å²) in [7, 11) is 0. The Morgan fingerprint density at radius 3 is 3.05 bits per heavy atom. The molecule has 19 heavy (non-hydrogen) atoms. The van der Waals surface area contributed by atoms with Crippen LogP contribution in [0.1, 0.15) is 29.3 Å². The van der Waals surface area contributed by atoms with E-state index in [1.807, 2.05) is 6.92 Å². The number of amides is 2. The van der Waals surface area contributed by atoms with Crippen molar-refractivity contribution in [3.63, 3.8) is 0 Å². The summed E-state index contributed by atoms with van der Waals surface area (Å²) >= 11 is 0. The van der Waals surface area contributed by atoms with Gasteiger partial charge in [-0.25, -0.2) is 0 Å². The third-order valence-corrected chi connectivity index (χ3v) is 3.23. The highest BCUT2D eigenvalue weighted by atomic mass is 16.3. The standard InChI is InChI=1S/C14H18N2O3/c1-9(4-5-17)8-15-14(19)11-3-2-10-7-13(18)16-12(10)6-11/h2-3,6,9,17H,4-5,7-8H2,1H3,(H,15,19)(H,16,18). The molecule has 0 aliphatic carbocycles. The zero-order chi connectivity index (χ0) is 13.8. The summed E-state index contributed by atoms with van der Waals surface area (Å²) in [5.74, 6) is 0.0425. The topological polar surface area (TPSA) is 78.4 Å². The maximum atomic E-state index is 11.9. The van der Waals surface area contributed by atoms with Crippen molar-refractivity contribution in [3.05, 3.63) is 29.3 Å². The fourth-order valence-corrected chi connectivity index (χ4v) is 2.05. The van der Waals surface area contributed by atoms with Gasteiger partial charge in [0.25, 0.3) is 5.91 Å².